The topological polar surface area (TPSA) is 113 Å². The number of amides is 1. The molecule has 1 amide bonds. The number of nitrogens with one attached hydrogen (secondary N) is 2. The molecule has 0 spiro atoms. The van der Waals surface area contributed by atoms with E-state index >= 15 is 0 Å². The van der Waals surface area contributed by atoms with Crippen molar-refractivity contribution in [3.63, 3.8) is 0 Å². The summed E-state index contributed by atoms with van der Waals surface area (Å²) in [6, 6.07) is 12.1. The number of rotatable bonds is 8. The molecule has 2 aromatic carbocycles. The molecule has 0 aromatic heterocycles. The van der Waals surface area contributed by atoms with Crippen LogP contribution >= 0.6 is 15.9 Å². The number of benzene rings is 2. The maximum Gasteiger partial charge on any atom is 0.243 e. The summed E-state index contributed by atoms with van der Waals surface area (Å²) in [6.45, 7) is 0.986. The first kappa shape index (κ1) is 22.9. The van der Waals surface area contributed by atoms with E-state index in [0.29, 0.717) is 18.8 Å². The zero-order valence-corrected chi connectivity index (χ0v) is 19.3. The third-order valence-electron chi connectivity index (χ3n) is 4.61. The van der Waals surface area contributed by atoms with Crippen molar-refractivity contribution < 1.29 is 21.6 Å². The van der Waals surface area contributed by atoms with Crippen LogP contribution in [0.15, 0.2) is 62.8 Å². The van der Waals surface area contributed by atoms with Crippen molar-refractivity contribution >= 4 is 47.6 Å². The van der Waals surface area contributed by atoms with E-state index in [9.17, 15) is 21.6 Å². The molecule has 0 unspecified atom stereocenters. The number of nitrogens with zero attached hydrogens (tertiary/aromatic N) is 1. The summed E-state index contributed by atoms with van der Waals surface area (Å²) in [7, 11) is -7.20. The molecule has 0 radical (unpaired) electrons. The normalized spacial score (nSPS) is 15.2. The molecule has 1 heterocycles. The third-order valence-corrected chi connectivity index (χ3v) is 8.53. The molecule has 162 valence electrons. The highest BCUT2D eigenvalue weighted by Crippen LogP contribution is 2.22. The van der Waals surface area contributed by atoms with E-state index in [2.05, 4.69) is 26.0 Å². The SMILES string of the molecule is O=C(CCNS(=O)(=O)c1ccc(Br)cc1)Nc1ccc(S(=O)(=O)N2CCCC2)cc1. The quantitative estimate of drug-likeness (QED) is 0.560. The van der Waals surface area contributed by atoms with Gasteiger partial charge >= 0.3 is 0 Å². The van der Waals surface area contributed by atoms with E-state index < -0.39 is 20.0 Å². The van der Waals surface area contributed by atoms with E-state index in [4.69, 9.17) is 0 Å². The largest absolute Gasteiger partial charge is 0.326 e. The molecule has 3 rings (SSSR count). The summed E-state index contributed by atoms with van der Waals surface area (Å²) >= 11 is 3.24. The number of hydrogen-bond acceptors (Lipinski definition) is 5. The van der Waals surface area contributed by atoms with Gasteiger partial charge in [0.25, 0.3) is 0 Å². The highest BCUT2D eigenvalue weighted by Gasteiger charge is 2.26. The molecule has 1 aliphatic heterocycles. The molecule has 1 aliphatic rings. The molecule has 11 heteroatoms. The van der Waals surface area contributed by atoms with Crippen molar-refractivity contribution in [2.75, 3.05) is 25.0 Å². The fraction of sp³-hybridized carbons (Fsp3) is 0.316. The Hall–Kier alpha value is -1.79. The van der Waals surface area contributed by atoms with Crippen molar-refractivity contribution in [2.45, 2.75) is 29.1 Å². The number of carbonyl (C=O) groups is 1. The summed E-state index contributed by atoms with van der Waals surface area (Å²) < 4.78 is 54.0. The van der Waals surface area contributed by atoms with Crippen molar-refractivity contribution in [1.29, 1.82) is 0 Å². The van der Waals surface area contributed by atoms with Crippen LogP contribution in [-0.4, -0.2) is 46.7 Å². The van der Waals surface area contributed by atoms with Gasteiger partial charge in [-0.05, 0) is 61.4 Å². The lowest BCUT2D eigenvalue weighted by molar-refractivity contribution is -0.116. The first-order valence-electron chi connectivity index (χ1n) is 9.34. The molecule has 0 atom stereocenters. The van der Waals surface area contributed by atoms with Gasteiger partial charge in [0.2, 0.25) is 26.0 Å². The second-order valence-corrected chi connectivity index (χ2v) is 11.4. The Morgan fingerprint density at radius 1 is 0.900 bits per heavy atom. The number of carbonyl (C=O) groups excluding carboxylic acids is 1. The van der Waals surface area contributed by atoms with Crippen LogP contribution in [-0.2, 0) is 24.8 Å². The summed E-state index contributed by atoms with van der Waals surface area (Å²) in [5.74, 6) is -0.386. The van der Waals surface area contributed by atoms with Gasteiger partial charge in [0, 0.05) is 36.2 Å². The first-order chi connectivity index (χ1) is 14.2. The lowest BCUT2D eigenvalue weighted by atomic mass is 10.3. The van der Waals surface area contributed by atoms with E-state index in [1.54, 1.807) is 12.1 Å². The fourth-order valence-corrected chi connectivity index (χ4v) is 5.82. The summed E-state index contributed by atoms with van der Waals surface area (Å²) in [5, 5.41) is 2.64. The van der Waals surface area contributed by atoms with Gasteiger partial charge in [-0.25, -0.2) is 21.6 Å². The van der Waals surface area contributed by atoms with Crippen molar-refractivity contribution in [1.82, 2.24) is 9.03 Å². The van der Waals surface area contributed by atoms with Crippen LogP contribution in [0, 0.1) is 0 Å². The molecule has 0 bridgehead atoms. The van der Waals surface area contributed by atoms with Crippen LogP contribution in [0.4, 0.5) is 5.69 Å². The van der Waals surface area contributed by atoms with E-state index in [0.717, 1.165) is 17.3 Å². The van der Waals surface area contributed by atoms with Crippen molar-refractivity contribution in [3.8, 4) is 0 Å². The monoisotopic (exact) mass is 515 g/mol. The third kappa shape index (κ3) is 5.67. The predicted octanol–water partition coefficient (Wildman–Crippen LogP) is 2.54. The zero-order valence-electron chi connectivity index (χ0n) is 16.0. The van der Waals surface area contributed by atoms with Crippen LogP contribution in [0.2, 0.25) is 0 Å². The molecular weight excluding hydrogens is 494 g/mol. The summed E-state index contributed by atoms with van der Waals surface area (Å²) in [4.78, 5) is 12.4. The fourth-order valence-electron chi connectivity index (χ4n) is 3.01. The molecule has 0 aliphatic carbocycles. The van der Waals surface area contributed by atoms with Gasteiger partial charge in [-0.2, -0.15) is 4.31 Å². The van der Waals surface area contributed by atoms with Gasteiger partial charge in [0.15, 0.2) is 0 Å². The Labute approximate surface area is 184 Å². The minimum absolute atomic E-state index is 0.0638. The van der Waals surface area contributed by atoms with Crippen LogP contribution in [0.25, 0.3) is 0 Å². The summed E-state index contributed by atoms with van der Waals surface area (Å²) in [6.07, 6.45) is 1.65. The number of halogens is 1. The molecule has 1 saturated heterocycles. The molecular formula is C19H22BrN3O5S2. The van der Waals surface area contributed by atoms with Crippen molar-refractivity contribution in [3.05, 3.63) is 53.0 Å². The molecule has 2 N–H and O–H groups in total. The highest BCUT2D eigenvalue weighted by atomic mass is 79.9. The minimum Gasteiger partial charge on any atom is -0.326 e. The second kappa shape index (κ2) is 9.56. The van der Waals surface area contributed by atoms with E-state index in [1.807, 2.05) is 0 Å². The van der Waals surface area contributed by atoms with Gasteiger partial charge in [0.05, 0.1) is 9.79 Å². The van der Waals surface area contributed by atoms with E-state index in [-0.39, 0.29) is 28.7 Å². The lowest BCUT2D eigenvalue weighted by Gasteiger charge is -2.15. The smallest absolute Gasteiger partial charge is 0.243 e. The minimum atomic E-state index is -3.70. The maximum absolute atomic E-state index is 12.5. The summed E-state index contributed by atoms with van der Waals surface area (Å²) in [5.41, 5.74) is 0.441. The van der Waals surface area contributed by atoms with Crippen LogP contribution in [0.5, 0.6) is 0 Å². The maximum atomic E-state index is 12.5. The standard InChI is InChI=1S/C19H22BrN3O5S2/c20-15-3-7-17(8-4-15)29(25,26)21-12-11-19(24)22-16-5-9-18(10-6-16)30(27,28)23-13-1-2-14-23/h3-10,21H,1-2,11-14H2,(H,22,24). The molecule has 0 saturated carbocycles. The number of hydrogen-bond donors (Lipinski definition) is 2. The second-order valence-electron chi connectivity index (χ2n) is 6.79. The molecule has 30 heavy (non-hydrogen) atoms. The average molecular weight is 516 g/mol. The van der Waals surface area contributed by atoms with E-state index in [1.165, 1.54) is 40.7 Å². The molecule has 1 fully saturated rings. The Morgan fingerprint density at radius 2 is 1.47 bits per heavy atom. The Bertz CT molecular complexity index is 1100. The Kier molecular flexibility index (Phi) is 7.30. The number of sulfonamides is 2. The van der Waals surface area contributed by atoms with Crippen LogP contribution in [0.1, 0.15) is 19.3 Å². The van der Waals surface area contributed by atoms with Gasteiger partial charge in [-0.15, -0.1) is 0 Å². The van der Waals surface area contributed by atoms with Crippen LogP contribution < -0.4 is 10.0 Å². The Balaban J connectivity index is 1.52. The van der Waals surface area contributed by atoms with Gasteiger partial charge in [-0.3, -0.25) is 4.79 Å². The van der Waals surface area contributed by atoms with Gasteiger partial charge in [0.1, 0.15) is 0 Å². The highest BCUT2D eigenvalue weighted by molar-refractivity contribution is 9.10. The first-order valence-corrected chi connectivity index (χ1v) is 13.1. The number of anilines is 1. The van der Waals surface area contributed by atoms with Gasteiger partial charge in [-0.1, -0.05) is 15.9 Å². The van der Waals surface area contributed by atoms with Gasteiger partial charge < -0.3 is 5.32 Å². The molecule has 2 aromatic rings. The van der Waals surface area contributed by atoms with Crippen LogP contribution in [0.3, 0.4) is 0 Å². The van der Waals surface area contributed by atoms with Crippen molar-refractivity contribution in [2.24, 2.45) is 0 Å². The predicted molar refractivity (Wildman–Crippen MR) is 117 cm³/mol. The lowest BCUT2D eigenvalue weighted by Crippen LogP contribution is -2.28. The zero-order chi connectivity index (χ0) is 21.8. The Morgan fingerprint density at radius 3 is 2.07 bits per heavy atom. The molecule has 8 nitrogen and oxygen atoms in total. The average Bonchev–Trinajstić information content (AvgIpc) is 3.24.